The fourth-order valence-electron chi connectivity index (χ4n) is 3.46. The minimum Gasteiger partial charge on any atom is -0.378 e. The van der Waals surface area contributed by atoms with E-state index in [0.717, 1.165) is 69.5 Å². The highest BCUT2D eigenvalue weighted by atomic mass is 16.5. The van der Waals surface area contributed by atoms with E-state index in [4.69, 9.17) is 4.74 Å². The van der Waals surface area contributed by atoms with Crippen LogP contribution in [-0.4, -0.2) is 70.0 Å². The first-order valence-corrected chi connectivity index (χ1v) is 9.13. The largest absolute Gasteiger partial charge is 0.378 e. The van der Waals surface area contributed by atoms with Gasteiger partial charge in [0.25, 0.3) is 0 Å². The lowest BCUT2D eigenvalue weighted by Crippen LogP contribution is -2.37. The number of ether oxygens (including phenoxy) is 1. The average molecular weight is 344 g/mol. The molecule has 1 amide bonds. The van der Waals surface area contributed by atoms with Gasteiger partial charge in [-0.2, -0.15) is 4.52 Å². The number of likely N-dealkylation sites (tertiary alicyclic amines) is 1. The highest BCUT2D eigenvalue weighted by Gasteiger charge is 2.18. The number of piperidine rings is 1. The first-order valence-electron chi connectivity index (χ1n) is 9.13. The number of hydrogen-bond donors (Lipinski definition) is 0. The van der Waals surface area contributed by atoms with Crippen LogP contribution in [0.3, 0.4) is 0 Å². The molecule has 0 bridgehead atoms. The summed E-state index contributed by atoms with van der Waals surface area (Å²) < 4.78 is 7.17. The normalized spacial score (nSPS) is 18.7. The van der Waals surface area contributed by atoms with E-state index >= 15 is 0 Å². The van der Waals surface area contributed by atoms with E-state index < -0.39 is 0 Å². The van der Waals surface area contributed by atoms with Crippen molar-refractivity contribution in [2.45, 2.75) is 32.1 Å². The number of hydrogen-bond acceptors (Lipinski definition) is 6. The van der Waals surface area contributed by atoms with Crippen LogP contribution in [0.4, 0.5) is 5.82 Å². The summed E-state index contributed by atoms with van der Waals surface area (Å²) in [5.41, 5.74) is 0.720. The smallest absolute Gasteiger partial charge is 0.223 e. The van der Waals surface area contributed by atoms with Gasteiger partial charge in [0.1, 0.15) is 5.82 Å². The standard InChI is InChI=1S/C17H24N6O2/c24-17(22-8-2-1-3-9-22)7-6-15-19-18-14-4-5-16(20-23(14)15)21-10-12-25-13-11-21/h4-5H,1-3,6-13H2. The van der Waals surface area contributed by atoms with Crippen LogP contribution in [-0.2, 0) is 16.0 Å². The number of rotatable bonds is 4. The molecule has 8 heteroatoms. The molecule has 0 aromatic carbocycles. The Labute approximate surface area is 146 Å². The molecule has 25 heavy (non-hydrogen) atoms. The van der Waals surface area contributed by atoms with E-state index in [1.807, 2.05) is 17.0 Å². The van der Waals surface area contributed by atoms with Crippen LogP contribution in [0.25, 0.3) is 5.65 Å². The lowest BCUT2D eigenvalue weighted by Gasteiger charge is -2.27. The number of amides is 1. The first kappa shape index (κ1) is 16.3. The monoisotopic (exact) mass is 344 g/mol. The molecule has 0 N–H and O–H groups in total. The zero-order valence-corrected chi connectivity index (χ0v) is 14.4. The van der Waals surface area contributed by atoms with E-state index in [-0.39, 0.29) is 5.91 Å². The van der Waals surface area contributed by atoms with Gasteiger partial charge < -0.3 is 14.5 Å². The van der Waals surface area contributed by atoms with Crippen molar-refractivity contribution in [1.29, 1.82) is 0 Å². The molecule has 0 atom stereocenters. The fourth-order valence-corrected chi connectivity index (χ4v) is 3.46. The van der Waals surface area contributed by atoms with Gasteiger partial charge in [-0.1, -0.05) is 0 Å². The third-order valence-electron chi connectivity index (χ3n) is 4.92. The maximum Gasteiger partial charge on any atom is 0.223 e. The predicted molar refractivity (Wildman–Crippen MR) is 92.6 cm³/mol. The Morgan fingerprint density at radius 2 is 1.84 bits per heavy atom. The molecule has 0 unspecified atom stereocenters. The van der Waals surface area contributed by atoms with E-state index in [2.05, 4.69) is 20.2 Å². The summed E-state index contributed by atoms with van der Waals surface area (Å²) in [6, 6.07) is 3.90. The number of aryl methyl sites for hydroxylation is 1. The zero-order valence-electron chi connectivity index (χ0n) is 14.4. The molecule has 2 aromatic rings. The Balaban J connectivity index is 1.46. The molecule has 2 aliphatic rings. The number of aromatic nitrogens is 4. The third kappa shape index (κ3) is 3.58. The second-order valence-electron chi connectivity index (χ2n) is 6.62. The van der Waals surface area contributed by atoms with Crippen molar-refractivity contribution in [3.8, 4) is 0 Å². The second-order valence-corrected chi connectivity index (χ2v) is 6.62. The van der Waals surface area contributed by atoms with Gasteiger partial charge >= 0.3 is 0 Å². The van der Waals surface area contributed by atoms with Gasteiger partial charge in [-0.15, -0.1) is 15.3 Å². The Morgan fingerprint density at radius 1 is 1.04 bits per heavy atom. The van der Waals surface area contributed by atoms with Gasteiger partial charge in [0.05, 0.1) is 13.2 Å². The zero-order chi connectivity index (χ0) is 17.1. The van der Waals surface area contributed by atoms with Gasteiger partial charge in [-0.25, -0.2) is 0 Å². The Morgan fingerprint density at radius 3 is 2.64 bits per heavy atom. The number of carbonyl (C=O) groups excluding carboxylic acids is 1. The van der Waals surface area contributed by atoms with Gasteiger partial charge in [-0.05, 0) is 31.4 Å². The molecule has 0 radical (unpaired) electrons. The lowest BCUT2D eigenvalue weighted by atomic mass is 10.1. The van der Waals surface area contributed by atoms with Crippen molar-refractivity contribution in [2.75, 3.05) is 44.3 Å². The number of anilines is 1. The van der Waals surface area contributed by atoms with Crippen LogP contribution < -0.4 is 4.90 Å². The SMILES string of the molecule is O=C(CCc1nnc2ccc(N3CCOCC3)nn12)N1CCCCC1. The molecule has 4 rings (SSSR count). The Kier molecular flexibility index (Phi) is 4.78. The highest BCUT2D eigenvalue weighted by molar-refractivity contribution is 5.76. The van der Waals surface area contributed by atoms with E-state index in [1.54, 1.807) is 4.52 Å². The van der Waals surface area contributed by atoms with Crippen molar-refractivity contribution >= 4 is 17.4 Å². The van der Waals surface area contributed by atoms with Gasteiger partial charge in [0, 0.05) is 39.0 Å². The summed E-state index contributed by atoms with van der Waals surface area (Å²) in [4.78, 5) is 16.5. The summed E-state index contributed by atoms with van der Waals surface area (Å²) in [7, 11) is 0. The summed E-state index contributed by atoms with van der Waals surface area (Å²) in [6.45, 7) is 4.89. The summed E-state index contributed by atoms with van der Waals surface area (Å²) >= 11 is 0. The van der Waals surface area contributed by atoms with Gasteiger partial charge in [0.15, 0.2) is 11.5 Å². The molecule has 2 fully saturated rings. The fraction of sp³-hybridized carbons (Fsp3) is 0.647. The molecule has 0 spiro atoms. The van der Waals surface area contributed by atoms with Gasteiger partial charge in [-0.3, -0.25) is 4.79 Å². The van der Waals surface area contributed by atoms with Crippen LogP contribution in [0, 0.1) is 0 Å². The molecule has 2 aliphatic heterocycles. The van der Waals surface area contributed by atoms with Crippen molar-refractivity contribution in [3.63, 3.8) is 0 Å². The molecule has 2 aromatic heterocycles. The van der Waals surface area contributed by atoms with E-state index in [9.17, 15) is 4.79 Å². The lowest BCUT2D eigenvalue weighted by molar-refractivity contribution is -0.132. The summed E-state index contributed by atoms with van der Waals surface area (Å²) in [5.74, 6) is 1.86. The maximum atomic E-state index is 12.4. The average Bonchev–Trinajstić information content (AvgIpc) is 3.10. The van der Waals surface area contributed by atoms with Crippen LogP contribution >= 0.6 is 0 Å². The molecule has 134 valence electrons. The first-order chi connectivity index (χ1) is 12.3. The van der Waals surface area contributed by atoms with Crippen molar-refractivity contribution < 1.29 is 9.53 Å². The molecule has 2 saturated heterocycles. The number of fused-ring (bicyclic) bond motifs is 1. The third-order valence-corrected chi connectivity index (χ3v) is 4.92. The minimum absolute atomic E-state index is 0.209. The highest BCUT2D eigenvalue weighted by Crippen LogP contribution is 2.15. The van der Waals surface area contributed by atoms with Crippen LogP contribution in [0.5, 0.6) is 0 Å². The molecular formula is C17H24N6O2. The second kappa shape index (κ2) is 7.35. The number of carbonyl (C=O) groups is 1. The Hall–Kier alpha value is -2.22. The van der Waals surface area contributed by atoms with Gasteiger partial charge in [0.2, 0.25) is 5.91 Å². The summed E-state index contributed by atoms with van der Waals surface area (Å²) in [5, 5.41) is 13.1. The van der Waals surface area contributed by atoms with Crippen molar-refractivity contribution in [1.82, 2.24) is 24.7 Å². The molecular weight excluding hydrogens is 320 g/mol. The predicted octanol–water partition coefficient (Wildman–Crippen LogP) is 0.906. The molecule has 8 nitrogen and oxygen atoms in total. The van der Waals surface area contributed by atoms with Crippen molar-refractivity contribution in [2.24, 2.45) is 0 Å². The van der Waals surface area contributed by atoms with Crippen LogP contribution in [0.1, 0.15) is 31.5 Å². The molecule has 4 heterocycles. The quantitative estimate of drug-likeness (QED) is 0.820. The van der Waals surface area contributed by atoms with Crippen LogP contribution in [0.15, 0.2) is 12.1 Å². The van der Waals surface area contributed by atoms with E-state index in [1.165, 1.54) is 6.42 Å². The molecule has 0 aliphatic carbocycles. The summed E-state index contributed by atoms with van der Waals surface area (Å²) in [6.07, 6.45) is 4.49. The van der Waals surface area contributed by atoms with E-state index in [0.29, 0.717) is 12.8 Å². The minimum atomic E-state index is 0.209. The number of morpholine rings is 1. The topological polar surface area (TPSA) is 75.9 Å². The van der Waals surface area contributed by atoms with Crippen molar-refractivity contribution in [3.05, 3.63) is 18.0 Å². The Bertz CT molecular complexity index is 734. The van der Waals surface area contributed by atoms with Crippen LogP contribution in [0.2, 0.25) is 0 Å². The number of nitrogens with zero attached hydrogens (tertiary/aromatic N) is 6. The maximum absolute atomic E-state index is 12.4. The molecule has 0 saturated carbocycles.